The van der Waals surface area contributed by atoms with Crippen LogP contribution in [-0.2, 0) is 4.79 Å². The molecule has 4 heteroatoms. The molecule has 2 N–H and O–H groups in total. The second-order valence-corrected chi connectivity index (χ2v) is 5.13. The first-order valence-electron chi connectivity index (χ1n) is 7.69. The predicted octanol–water partition coefficient (Wildman–Crippen LogP) is 1.82. The molecule has 0 aromatic rings. The SMILES string of the molecule is CC.CC(=O)CN1CCC(O)CC1.CNC1CCC1. The Morgan fingerprint density at radius 1 is 1.21 bits per heavy atom. The monoisotopic (exact) mass is 272 g/mol. The Hall–Kier alpha value is -0.450. The van der Waals surface area contributed by atoms with E-state index in [9.17, 15) is 4.79 Å². The first-order chi connectivity index (χ1) is 9.11. The van der Waals surface area contributed by atoms with E-state index in [1.807, 2.05) is 20.9 Å². The molecular weight excluding hydrogens is 240 g/mol. The third kappa shape index (κ3) is 9.14. The van der Waals surface area contributed by atoms with E-state index in [-0.39, 0.29) is 11.9 Å². The van der Waals surface area contributed by atoms with Gasteiger partial charge in [0.1, 0.15) is 5.78 Å². The van der Waals surface area contributed by atoms with E-state index >= 15 is 0 Å². The minimum atomic E-state index is -0.141. The first-order valence-corrected chi connectivity index (χ1v) is 7.69. The summed E-state index contributed by atoms with van der Waals surface area (Å²) < 4.78 is 0. The lowest BCUT2D eigenvalue weighted by Crippen LogP contribution is -2.38. The van der Waals surface area contributed by atoms with Gasteiger partial charge in [0.05, 0.1) is 12.6 Å². The molecule has 0 spiro atoms. The lowest BCUT2D eigenvalue weighted by molar-refractivity contribution is -0.118. The highest BCUT2D eigenvalue weighted by Gasteiger charge is 2.17. The zero-order valence-electron chi connectivity index (χ0n) is 13.1. The first kappa shape index (κ1) is 18.6. The molecule has 0 amide bonds. The van der Waals surface area contributed by atoms with E-state index in [4.69, 9.17) is 5.11 Å². The summed E-state index contributed by atoms with van der Waals surface area (Å²) in [6.07, 6.45) is 5.72. The molecule has 1 aliphatic carbocycles. The van der Waals surface area contributed by atoms with Gasteiger partial charge in [0, 0.05) is 19.1 Å². The molecule has 2 fully saturated rings. The van der Waals surface area contributed by atoms with E-state index in [1.54, 1.807) is 6.92 Å². The van der Waals surface area contributed by atoms with E-state index in [1.165, 1.54) is 19.3 Å². The number of rotatable bonds is 3. The van der Waals surface area contributed by atoms with Crippen LogP contribution in [0.1, 0.15) is 52.9 Å². The Labute approximate surface area is 118 Å². The van der Waals surface area contributed by atoms with Crippen molar-refractivity contribution >= 4 is 5.78 Å². The van der Waals surface area contributed by atoms with Crippen LogP contribution in [-0.4, -0.2) is 54.6 Å². The van der Waals surface area contributed by atoms with Crippen LogP contribution < -0.4 is 5.32 Å². The van der Waals surface area contributed by atoms with Crippen LogP contribution in [0.2, 0.25) is 0 Å². The number of hydrogen-bond acceptors (Lipinski definition) is 4. The minimum Gasteiger partial charge on any atom is -0.393 e. The fourth-order valence-electron chi connectivity index (χ4n) is 2.09. The molecule has 0 aromatic carbocycles. The van der Waals surface area contributed by atoms with Gasteiger partial charge in [0.25, 0.3) is 0 Å². The molecule has 0 atom stereocenters. The van der Waals surface area contributed by atoms with Crippen molar-refractivity contribution in [3.8, 4) is 0 Å². The van der Waals surface area contributed by atoms with Gasteiger partial charge in [-0.25, -0.2) is 0 Å². The van der Waals surface area contributed by atoms with Crippen LogP contribution in [0.5, 0.6) is 0 Å². The fraction of sp³-hybridized carbons (Fsp3) is 0.933. The quantitative estimate of drug-likeness (QED) is 0.823. The number of ketones is 1. The van der Waals surface area contributed by atoms with Gasteiger partial charge in [-0.3, -0.25) is 9.69 Å². The van der Waals surface area contributed by atoms with Crippen molar-refractivity contribution in [3.63, 3.8) is 0 Å². The van der Waals surface area contributed by atoms with E-state index < -0.39 is 0 Å². The molecule has 1 aliphatic heterocycles. The number of Topliss-reactive ketones (excluding diaryl/α,β-unsaturated/α-hetero) is 1. The van der Waals surface area contributed by atoms with Crippen LogP contribution in [0.25, 0.3) is 0 Å². The van der Waals surface area contributed by atoms with Crippen molar-refractivity contribution in [1.82, 2.24) is 10.2 Å². The lowest BCUT2D eigenvalue weighted by Gasteiger charge is -2.28. The third-order valence-electron chi connectivity index (χ3n) is 3.52. The van der Waals surface area contributed by atoms with E-state index in [0.717, 1.165) is 32.0 Å². The van der Waals surface area contributed by atoms with Crippen LogP contribution in [0.4, 0.5) is 0 Å². The number of likely N-dealkylation sites (tertiary alicyclic amines) is 1. The van der Waals surface area contributed by atoms with Gasteiger partial charge < -0.3 is 10.4 Å². The predicted molar refractivity (Wildman–Crippen MR) is 80.4 cm³/mol. The number of carbonyl (C=O) groups excluding carboxylic acids is 1. The maximum atomic E-state index is 10.7. The molecule has 0 bridgehead atoms. The van der Waals surface area contributed by atoms with Gasteiger partial charge in [-0.1, -0.05) is 20.3 Å². The molecule has 114 valence electrons. The summed E-state index contributed by atoms with van der Waals surface area (Å²) in [5.74, 6) is 0.210. The average molecular weight is 272 g/mol. The van der Waals surface area contributed by atoms with Gasteiger partial charge in [0.15, 0.2) is 0 Å². The minimum absolute atomic E-state index is 0.141. The number of aliphatic hydroxyl groups excluding tert-OH is 1. The number of aliphatic hydroxyl groups is 1. The van der Waals surface area contributed by atoms with Crippen molar-refractivity contribution in [2.24, 2.45) is 0 Å². The number of nitrogens with zero attached hydrogens (tertiary/aromatic N) is 1. The molecule has 1 saturated heterocycles. The second-order valence-electron chi connectivity index (χ2n) is 5.13. The van der Waals surface area contributed by atoms with Crippen molar-refractivity contribution in [2.75, 3.05) is 26.7 Å². The third-order valence-corrected chi connectivity index (χ3v) is 3.52. The normalized spacial score (nSPS) is 20.5. The summed E-state index contributed by atoms with van der Waals surface area (Å²) in [6, 6.07) is 0.866. The summed E-state index contributed by atoms with van der Waals surface area (Å²) in [4.78, 5) is 12.8. The number of nitrogens with one attached hydrogen (secondary N) is 1. The lowest BCUT2D eigenvalue weighted by atomic mass is 9.94. The van der Waals surface area contributed by atoms with Gasteiger partial charge in [-0.05, 0) is 39.7 Å². The van der Waals surface area contributed by atoms with Crippen LogP contribution in [0.15, 0.2) is 0 Å². The molecule has 0 radical (unpaired) electrons. The highest BCUT2D eigenvalue weighted by atomic mass is 16.3. The Kier molecular flexibility index (Phi) is 11.1. The maximum Gasteiger partial charge on any atom is 0.143 e. The van der Waals surface area contributed by atoms with Crippen LogP contribution in [0, 0.1) is 0 Å². The molecule has 4 nitrogen and oxygen atoms in total. The zero-order chi connectivity index (χ0) is 14.7. The standard InChI is InChI=1S/C8H15NO2.C5H11N.C2H6/c1-7(10)6-9-4-2-8(11)3-5-9;1-6-5-3-2-4-5;1-2/h8,11H,2-6H2,1H3;5-6H,2-4H2,1H3;1-2H3. The second kappa shape index (κ2) is 11.4. The van der Waals surface area contributed by atoms with Crippen molar-refractivity contribution < 1.29 is 9.90 Å². The van der Waals surface area contributed by atoms with E-state index in [2.05, 4.69) is 10.2 Å². The molecule has 2 rings (SSSR count). The zero-order valence-corrected chi connectivity index (χ0v) is 13.1. The average Bonchev–Trinajstić information content (AvgIpc) is 2.34. The molecule has 0 aromatic heterocycles. The highest BCUT2D eigenvalue weighted by molar-refractivity contribution is 5.77. The number of piperidine rings is 1. The summed E-state index contributed by atoms with van der Waals surface area (Å²) >= 11 is 0. The molecule has 0 unspecified atom stereocenters. The Morgan fingerprint density at radius 3 is 2.00 bits per heavy atom. The summed E-state index contributed by atoms with van der Waals surface area (Å²) in [5.41, 5.74) is 0. The molecular formula is C15H32N2O2. The Balaban J connectivity index is 0.000000341. The van der Waals surface area contributed by atoms with Gasteiger partial charge in [0.2, 0.25) is 0 Å². The van der Waals surface area contributed by atoms with Crippen molar-refractivity contribution in [1.29, 1.82) is 0 Å². The molecule has 1 heterocycles. The topological polar surface area (TPSA) is 52.6 Å². The molecule has 2 aliphatic rings. The van der Waals surface area contributed by atoms with Gasteiger partial charge in [-0.15, -0.1) is 0 Å². The Morgan fingerprint density at radius 2 is 1.74 bits per heavy atom. The summed E-state index contributed by atoms with van der Waals surface area (Å²) in [5, 5.41) is 12.4. The van der Waals surface area contributed by atoms with Crippen LogP contribution >= 0.6 is 0 Å². The number of carbonyl (C=O) groups is 1. The van der Waals surface area contributed by atoms with Gasteiger partial charge >= 0.3 is 0 Å². The van der Waals surface area contributed by atoms with Crippen molar-refractivity contribution in [3.05, 3.63) is 0 Å². The maximum absolute atomic E-state index is 10.7. The smallest absolute Gasteiger partial charge is 0.143 e. The van der Waals surface area contributed by atoms with Crippen LogP contribution in [0.3, 0.4) is 0 Å². The number of hydrogen-bond donors (Lipinski definition) is 2. The summed E-state index contributed by atoms with van der Waals surface area (Å²) in [6.45, 7) is 7.87. The summed E-state index contributed by atoms with van der Waals surface area (Å²) in [7, 11) is 2.03. The van der Waals surface area contributed by atoms with Crippen molar-refractivity contribution in [2.45, 2.75) is 65.0 Å². The molecule has 1 saturated carbocycles. The highest BCUT2D eigenvalue weighted by Crippen LogP contribution is 2.16. The van der Waals surface area contributed by atoms with E-state index in [0.29, 0.717) is 6.54 Å². The largest absolute Gasteiger partial charge is 0.393 e. The molecule has 19 heavy (non-hydrogen) atoms. The Bertz CT molecular complexity index is 219. The van der Waals surface area contributed by atoms with Gasteiger partial charge in [-0.2, -0.15) is 0 Å². The fourth-order valence-corrected chi connectivity index (χ4v) is 2.09.